The molecule has 1 heterocycles. The number of halogens is 6. The molecule has 1 saturated carbocycles. The van der Waals surface area contributed by atoms with E-state index in [1.807, 2.05) is 0 Å². The Kier molecular flexibility index (Phi) is 18.0. The van der Waals surface area contributed by atoms with Gasteiger partial charge in [0.1, 0.15) is 0 Å². The summed E-state index contributed by atoms with van der Waals surface area (Å²) in [6.07, 6.45) is 3.50. The molecule has 2 aliphatic rings. The number of rotatable bonds is 0. The van der Waals surface area contributed by atoms with E-state index in [0.29, 0.717) is 21.9 Å². The standard InChI is InChI=1S/C10H15.C7H10O.2C3H9P.F6P.Ru/c1-6-7(2)9(4)10(5)8(6)3;1-6-3-4-8-7(2)5-6;2*1-4(2)3;1-7(2,3,4,5)6;/h1-5H3;3,7H,5H2,1-2H3;2*1-3H3;;/q;;;;-1;+1. The molecule has 1 aliphatic heterocycles. The summed E-state index contributed by atoms with van der Waals surface area (Å²) in [6, 6.07) is 0. The molecule has 0 bridgehead atoms. The number of hydrogen-bond acceptors (Lipinski definition) is 1. The second kappa shape index (κ2) is 15.5. The molecule has 2 rings (SSSR count). The van der Waals surface area contributed by atoms with Gasteiger partial charge in [-0.05, 0) is 69.6 Å². The Morgan fingerprint density at radius 1 is 0.706 bits per heavy atom. The van der Waals surface area contributed by atoms with Gasteiger partial charge in [-0.1, -0.05) is 34.6 Å². The molecule has 0 spiro atoms. The van der Waals surface area contributed by atoms with Crippen LogP contribution in [0.2, 0.25) is 0 Å². The van der Waals surface area contributed by atoms with E-state index in [0.717, 1.165) is 10.7 Å². The molecule has 11 heteroatoms. The van der Waals surface area contributed by atoms with Crippen LogP contribution in [0, 0.1) is 29.6 Å². The molecule has 1 fully saturated rings. The maximum atomic E-state index is 9.87. The van der Waals surface area contributed by atoms with Crippen molar-refractivity contribution >= 4 is 27.9 Å². The Labute approximate surface area is 217 Å². The van der Waals surface area contributed by atoms with Gasteiger partial charge in [0.25, 0.3) is 0 Å². The summed E-state index contributed by atoms with van der Waals surface area (Å²) in [5.41, 5.74) is 1.40. The van der Waals surface area contributed by atoms with Crippen LogP contribution in [0.1, 0.15) is 54.9 Å². The Balaban J connectivity index is -0.000000372. The van der Waals surface area contributed by atoms with Gasteiger partial charge in [-0.3, -0.25) is 0 Å². The van der Waals surface area contributed by atoms with Gasteiger partial charge in [0.15, 0.2) is 0 Å². The van der Waals surface area contributed by atoms with Gasteiger partial charge in [0.2, 0.25) is 0 Å². The molecule has 0 N–H and O–H groups in total. The van der Waals surface area contributed by atoms with Crippen LogP contribution >= 0.6 is 23.7 Å². The van der Waals surface area contributed by atoms with Crippen molar-refractivity contribution in [1.29, 1.82) is 0 Å². The van der Waals surface area contributed by atoms with Gasteiger partial charge in [0.05, 0.1) is 0 Å². The average molecular weight is 644 g/mol. The molecule has 1 atom stereocenters. The number of hydrogen-bond donors (Lipinski definition) is 0. The van der Waals surface area contributed by atoms with Crippen LogP contribution in [0.4, 0.5) is 25.2 Å². The Morgan fingerprint density at radius 3 is 1.06 bits per heavy atom. The van der Waals surface area contributed by atoms with Crippen LogP contribution in [-0.2, 0) is 22.6 Å². The predicted octanol–water partition coefficient (Wildman–Crippen LogP) is 10.5. The Morgan fingerprint density at radius 2 is 0.912 bits per heavy atom. The van der Waals surface area contributed by atoms with E-state index < -0.39 is 7.81 Å². The monoisotopic (exact) mass is 644 g/mol. The quantitative estimate of drug-likeness (QED) is 0.145. The minimum atomic E-state index is -10.7. The molecule has 0 aromatic carbocycles. The molecule has 206 valence electrons. The summed E-state index contributed by atoms with van der Waals surface area (Å²) in [6.45, 7) is 28.6. The van der Waals surface area contributed by atoms with Crippen LogP contribution in [-0.4, -0.2) is 50.4 Å². The summed E-state index contributed by atoms with van der Waals surface area (Å²) < 4.78 is 65.5. The van der Waals surface area contributed by atoms with Gasteiger partial charge < -0.3 is 0 Å². The van der Waals surface area contributed by atoms with Gasteiger partial charge in [0, 0.05) is 0 Å². The van der Waals surface area contributed by atoms with Crippen molar-refractivity contribution in [3.63, 3.8) is 0 Å². The zero-order valence-corrected chi connectivity index (χ0v) is 27.2. The first kappa shape index (κ1) is 39.6. The summed E-state index contributed by atoms with van der Waals surface area (Å²) >= 11 is 2.48. The maximum absolute atomic E-state index is 10.7. The van der Waals surface area contributed by atoms with Crippen LogP contribution in [0.5, 0.6) is 0 Å². The molecule has 0 aromatic rings. The van der Waals surface area contributed by atoms with Crippen molar-refractivity contribution in [1.82, 2.24) is 0 Å². The second-order valence-corrected chi connectivity index (χ2v) is 17.3. The van der Waals surface area contributed by atoms with Crippen molar-refractivity contribution in [2.45, 2.75) is 61.0 Å². The zero-order valence-electron chi connectivity index (χ0n) is 22.7. The number of ether oxygens (including phenoxy) is 1. The van der Waals surface area contributed by atoms with Gasteiger partial charge in [-0.15, -0.1) is 15.8 Å². The van der Waals surface area contributed by atoms with Crippen molar-refractivity contribution in [2.24, 2.45) is 0 Å². The van der Waals surface area contributed by atoms with Gasteiger partial charge in [-0.25, -0.2) is 0 Å². The third kappa shape index (κ3) is 31.1. The van der Waals surface area contributed by atoms with E-state index in [2.05, 4.69) is 112 Å². The minimum absolute atomic E-state index is 0.367. The molecular formula is C23H43F6OP3Ru. The summed E-state index contributed by atoms with van der Waals surface area (Å²) in [5.74, 6) is 7.34. The fraction of sp³-hybridized carbons (Fsp3) is 0.652. The van der Waals surface area contributed by atoms with Crippen molar-refractivity contribution in [3.8, 4) is 0 Å². The molecule has 1 unspecified atom stereocenters. The van der Waals surface area contributed by atoms with E-state index >= 15 is 0 Å². The fourth-order valence-electron chi connectivity index (χ4n) is 2.37. The first-order valence-corrected chi connectivity index (χ1v) is 18.7. The van der Waals surface area contributed by atoms with Crippen LogP contribution < -0.4 is 0 Å². The molecule has 1 nitrogen and oxygen atoms in total. The molecule has 1 aliphatic carbocycles. The molecule has 0 amide bonds. The Bertz CT molecular complexity index is 556. The second-order valence-electron chi connectivity index (χ2n) is 9.18. The Hall–Kier alpha value is 1.06. The van der Waals surface area contributed by atoms with Crippen LogP contribution in [0.25, 0.3) is 0 Å². The van der Waals surface area contributed by atoms with Crippen molar-refractivity contribution in [2.75, 3.05) is 40.0 Å². The predicted molar refractivity (Wildman–Crippen MR) is 141 cm³/mol. The molecule has 5 radical (unpaired) electrons. The zero-order chi connectivity index (χ0) is 28.3. The van der Waals surface area contributed by atoms with E-state index in [1.54, 1.807) is 0 Å². The van der Waals surface area contributed by atoms with Gasteiger partial charge in [-0.2, -0.15) is 0 Å². The van der Waals surface area contributed by atoms with E-state index in [4.69, 9.17) is 4.74 Å². The van der Waals surface area contributed by atoms with Crippen LogP contribution in [0.15, 0.2) is 11.6 Å². The molecule has 0 saturated heterocycles. The summed E-state index contributed by atoms with van der Waals surface area (Å²) in [7, 11) is -9.90. The summed E-state index contributed by atoms with van der Waals surface area (Å²) in [5, 5.41) is 0. The molecule has 0 aromatic heterocycles. The molecule has 34 heavy (non-hydrogen) atoms. The van der Waals surface area contributed by atoms with E-state index in [1.165, 1.54) is 35.2 Å². The van der Waals surface area contributed by atoms with Crippen molar-refractivity contribution in [3.05, 3.63) is 41.2 Å². The first-order valence-electron chi connectivity index (χ1n) is 10.5. The van der Waals surface area contributed by atoms with Crippen LogP contribution in [0.3, 0.4) is 0 Å². The van der Waals surface area contributed by atoms with Crippen molar-refractivity contribution < 1.29 is 47.8 Å². The topological polar surface area (TPSA) is 9.23 Å². The van der Waals surface area contributed by atoms with E-state index in [9.17, 15) is 25.2 Å². The first-order chi connectivity index (χ1) is 14.6. The normalized spacial score (nSPS) is 22.7. The fourth-order valence-corrected chi connectivity index (χ4v) is 3.15. The SMILES string of the molecule is CC1=C[C](=[Ru+])OC(C)C1.CP(C)C.CP(C)C.C[C]1[C](C)[C](C)[C](C)[C]1C.F[P-](F)(F)(F)(F)F. The summed E-state index contributed by atoms with van der Waals surface area (Å²) in [4.78, 5) is 0. The third-order valence-corrected chi connectivity index (χ3v) is 4.54. The molecular weight excluding hydrogens is 600 g/mol. The van der Waals surface area contributed by atoms with Gasteiger partial charge >= 0.3 is 97.9 Å². The van der Waals surface area contributed by atoms with E-state index in [-0.39, 0.29) is 0 Å². The average Bonchev–Trinajstić information content (AvgIpc) is 2.68. The third-order valence-electron chi connectivity index (χ3n) is 4.09.